The predicted molar refractivity (Wildman–Crippen MR) is 70.3 cm³/mol. The maximum atomic E-state index is 10.9. The fourth-order valence-corrected chi connectivity index (χ4v) is 2.56. The largest absolute Gasteiger partial charge is 0.393 e. The minimum Gasteiger partial charge on any atom is -0.393 e. The average Bonchev–Trinajstić information content (AvgIpc) is 2.91. The van der Waals surface area contributed by atoms with Crippen molar-refractivity contribution in [2.75, 3.05) is 5.32 Å². The predicted octanol–water partition coefficient (Wildman–Crippen LogP) is 1.85. The van der Waals surface area contributed by atoms with Crippen LogP contribution in [0.5, 0.6) is 0 Å². The van der Waals surface area contributed by atoms with Crippen molar-refractivity contribution in [3.63, 3.8) is 0 Å². The third-order valence-corrected chi connectivity index (χ3v) is 3.65. The molecule has 0 spiro atoms. The Morgan fingerprint density at radius 1 is 1.25 bits per heavy atom. The number of nitrogens with one attached hydrogen (secondary N) is 1. The molecule has 0 radical (unpaired) electrons. The number of benzene rings is 1. The van der Waals surface area contributed by atoms with Crippen molar-refractivity contribution >= 4 is 22.4 Å². The number of fused-ring (bicyclic) bond motifs is 1. The topological polar surface area (TPSA) is 114 Å². The molecule has 106 valence electrons. The molecule has 1 heterocycles. The first-order valence-corrected chi connectivity index (χ1v) is 6.49. The van der Waals surface area contributed by atoms with E-state index in [1.165, 1.54) is 6.07 Å². The summed E-state index contributed by atoms with van der Waals surface area (Å²) in [5.41, 5.74) is 1.07. The quantitative estimate of drug-likeness (QED) is 0.650. The number of nitro benzene ring substituents is 1. The molecule has 1 aromatic heterocycles. The Labute approximate surface area is 113 Å². The summed E-state index contributed by atoms with van der Waals surface area (Å²) < 4.78 is 4.62. The van der Waals surface area contributed by atoms with Gasteiger partial charge in [-0.1, -0.05) is 0 Å². The van der Waals surface area contributed by atoms with Gasteiger partial charge in [-0.05, 0) is 42.1 Å². The lowest BCUT2D eigenvalue weighted by molar-refractivity contribution is -0.383. The van der Waals surface area contributed by atoms with E-state index in [-0.39, 0.29) is 23.3 Å². The van der Waals surface area contributed by atoms with Crippen LogP contribution in [0.3, 0.4) is 0 Å². The lowest BCUT2D eigenvalue weighted by Crippen LogP contribution is -2.28. The molecule has 0 amide bonds. The van der Waals surface area contributed by atoms with Crippen molar-refractivity contribution in [2.24, 2.45) is 0 Å². The van der Waals surface area contributed by atoms with Gasteiger partial charge < -0.3 is 10.4 Å². The van der Waals surface area contributed by atoms with Crippen molar-refractivity contribution < 1.29 is 14.7 Å². The molecule has 0 saturated heterocycles. The van der Waals surface area contributed by atoms with Crippen LogP contribution in [0.2, 0.25) is 0 Å². The summed E-state index contributed by atoms with van der Waals surface area (Å²) in [4.78, 5) is 10.4. The van der Waals surface area contributed by atoms with Gasteiger partial charge in [0.1, 0.15) is 0 Å². The molecular formula is C12H14N4O4. The molecule has 1 aromatic carbocycles. The third kappa shape index (κ3) is 2.29. The Bertz CT molecular complexity index is 633. The van der Waals surface area contributed by atoms with Gasteiger partial charge in [0, 0.05) is 12.1 Å². The van der Waals surface area contributed by atoms with Gasteiger partial charge in [0.15, 0.2) is 5.52 Å². The van der Waals surface area contributed by atoms with Crippen LogP contribution in [-0.4, -0.2) is 32.5 Å². The van der Waals surface area contributed by atoms with Crippen molar-refractivity contribution in [1.29, 1.82) is 0 Å². The number of hydrogen-bond donors (Lipinski definition) is 2. The molecule has 1 fully saturated rings. The van der Waals surface area contributed by atoms with Gasteiger partial charge >= 0.3 is 5.69 Å². The summed E-state index contributed by atoms with van der Waals surface area (Å²) in [7, 11) is 0. The van der Waals surface area contributed by atoms with E-state index in [1.807, 2.05) is 0 Å². The number of aromatic nitrogens is 2. The van der Waals surface area contributed by atoms with E-state index in [9.17, 15) is 15.2 Å². The highest BCUT2D eigenvalue weighted by molar-refractivity contribution is 5.93. The molecule has 0 bridgehead atoms. The van der Waals surface area contributed by atoms with E-state index in [1.54, 1.807) is 6.07 Å². The Balaban J connectivity index is 1.87. The van der Waals surface area contributed by atoms with Crippen LogP contribution in [0, 0.1) is 10.1 Å². The normalized spacial score (nSPS) is 22.9. The van der Waals surface area contributed by atoms with Crippen molar-refractivity contribution in [2.45, 2.75) is 37.8 Å². The summed E-state index contributed by atoms with van der Waals surface area (Å²) in [5, 5.41) is 31.0. The third-order valence-electron chi connectivity index (χ3n) is 3.65. The Morgan fingerprint density at radius 3 is 2.65 bits per heavy atom. The molecule has 20 heavy (non-hydrogen) atoms. The fourth-order valence-electron chi connectivity index (χ4n) is 2.56. The number of anilines is 1. The van der Waals surface area contributed by atoms with Gasteiger partial charge in [-0.2, -0.15) is 0 Å². The van der Waals surface area contributed by atoms with Crippen LogP contribution in [-0.2, 0) is 0 Å². The zero-order valence-electron chi connectivity index (χ0n) is 10.7. The first kappa shape index (κ1) is 12.8. The summed E-state index contributed by atoms with van der Waals surface area (Å²) in [6.07, 6.45) is 2.99. The van der Waals surface area contributed by atoms with Gasteiger partial charge in [-0.25, -0.2) is 4.63 Å². The Hall–Kier alpha value is -2.22. The molecule has 0 atom stereocenters. The van der Waals surface area contributed by atoms with Crippen LogP contribution in [0.25, 0.3) is 11.0 Å². The highest BCUT2D eigenvalue weighted by Gasteiger charge is 2.23. The second-order valence-electron chi connectivity index (χ2n) is 5.00. The van der Waals surface area contributed by atoms with E-state index in [0.717, 1.165) is 25.7 Å². The van der Waals surface area contributed by atoms with Crippen LogP contribution in [0.1, 0.15) is 25.7 Å². The van der Waals surface area contributed by atoms with E-state index in [2.05, 4.69) is 20.3 Å². The molecule has 2 N–H and O–H groups in total. The van der Waals surface area contributed by atoms with E-state index in [4.69, 9.17) is 0 Å². The second kappa shape index (κ2) is 5.04. The molecule has 1 aliphatic rings. The molecule has 1 saturated carbocycles. The van der Waals surface area contributed by atoms with Crippen LogP contribution in [0.4, 0.5) is 11.4 Å². The van der Waals surface area contributed by atoms with Gasteiger partial charge in [0.2, 0.25) is 5.52 Å². The summed E-state index contributed by atoms with van der Waals surface area (Å²) in [6.45, 7) is 0. The van der Waals surface area contributed by atoms with Crippen LogP contribution in [0.15, 0.2) is 16.8 Å². The zero-order chi connectivity index (χ0) is 14.1. The van der Waals surface area contributed by atoms with Crippen molar-refractivity contribution in [3.8, 4) is 0 Å². The fraction of sp³-hybridized carbons (Fsp3) is 0.500. The lowest BCUT2D eigenvalue weighted by Gasteiger charge is -2.26. The lowest BCUT2D eigenvalue weighted by atomic mass is 9.93. The van der Waals surface area contributed by atoms with Crippen LogP contribution < -0.4 is 5.32 Å². The molecule has 1 aliphatic carbocycles. The number of hydrogen-bond acceptors (Lipinski definition) is 7. The SMILES string of the molecule is O=[N+]([O-])c1ccc(NC2CCC(O)CC2)c2nonc12. The molecule has 3 rings (SSSR count). The van der Waals surface area contributed by atoms with Crippen molar-refractivity contribution in [3.05, 3.63) is 22.2 Å². The van der Waals surface area contributed by atoms with Gasteiger partial charge in [0.25, 0.3) is 0 Å². The minimum atomic E-state index is -0.507. The van der Waals surface area contributed by atoms with E-state index >= 15 is 0 Å². The van der Waals surface area contributed by atoms with E-state index < -0.39 is 4.92 Å². The first-order valence-electron chi connectivity index (χ1n) is 6.49. The van der Waals surface area contributed by atoms with E-state index in [0.29, 0.717) is 11.2 Å². The standard InChI is InChI=1S/C12H14N4O4/c17-8-3-1-7(2-4-8)13-9-5-6-10(16(18)19)12-11(9)14-20-15-12/h5-8,13,17H,1-4H2. The van der Waals surface area contributed by atoms with Crippen LogP contribution >= 0.6 is 0 Å². The molecule has 0 unspecified atom stereocenters. The number of aliphatic hydroxyl groups excluding tert-OH is 1. The Morgan fingerprint density at radius 2 is 1.95 bits per heavy atom. The summed E-state index contributed by atoms with van der Waals surface area (Å²) >= 11 is 0. The number of non-ortho nitro benzene ring substituents is 1. The molecular weight excluding hydrogens is 264 g/mol. The molecule has 2 aromatic rings. The van der Waals surface area contributed by atoms with Gasteiger partial charge in [-0.15, -0.1) is 0 Å². The number of nitro groups is 1. The maximum absolute atomic E-state index is 10.9. The number of aliphatic hydroxyl groups is 1. The maximum Gasteiger partial charge on any atom is 0.300 e. The van der Waals surface area contributed by atoms with Gasteiger partial charge in [-0.3, -0.25) is 10.1 Å². The summed E-state index contributed by atoms with van der Waals surface area (Å²) in [6, 6.07) is 3.24. The highest BCUT2D eigenvalue weighted by Crippen LogP contribution is 2.30. The van der Waals surface area contributed by atoms with Gasteiger partial charge in [0.05, 0.1) is 16.7 Å². The first-order chi connectivity index (χ1) is 9.65. The highest BCUT2D eigenvalue weighted by atomic mass is 16.6. The van der Waals surface area contributed by atoms with Crippen molar-refractivity contribution in [1.82, 2.24) is 10.3 Å². The molecule has 8 nitrogen and oxygen atoms in total. The number of rotatable bonds is 3. The molecule has 0 aliphatic heterocycles. The smallest absolute Gasteiger partial charge is 0.300 e. The average molecular weight is 278 g/mol. The molecule has 8 heteroatoms. The summed E-state index contributed by atoms with van der Waals surface area (Å²) in [5.74, 6) is 0. The monoisotopic (exact) mass is 278 g/mol. The number of nitrogens with zero attached hydrogens (tertiary/aromatic N) is 3. The minimum absolute atomic E-state index is 0.120. The Kier molecular flexibility index (Phi) is 3.23. The second-order valence-corrected chi connectivity index (χ2v) is 5.00. The zero-order valence-corrected chi connectivity index (χ0v) is 10.7.